The fourth-order valence-corrected chi connectivity index (χ4v) is 3.07. The van der Waals surface area contributed by atoms with Crippen molar-refractivity contribution in [3.63, 3.8) is 0 Å². The molecule has 3 nitrogen and oxygen atoms in total. The summed E-state index contributed by atoms with van der Waals surface area (Å²) in [5.74, 6) is -0.0974. The van der Waals surface area contributed by atoms with Crippen molar-refractivity contribution in [3.8, 4) is 5.75 Å². The maximum atomic E-state index is 11.0. The van der Waals surface area contributed by atoms with Gasteiger partial charge in [0.2, 0.25) is 0 Å². The molecule has 0 atom stereocenters. The standard InChI is InChI=1S/C14H17ClO3/c1-8-6-10(18-3)13(15)9(2)12(8)14(4-5-14)7-11(16)17/h6H,4-5,7H2,1-3H3,(H,16,17). The average Bonchev–Trinajstić information content (AvgIpc) is 3.03. The molecule has 1 aliphatic rings. The molecule has 0 unspecified atom stereocenters. The molecule has 0 bridgehead atoms. The number of hydrogen-bond donors (Lipinski definition) is 1. The number of ether oxygens (including phenoxy) is 1. The number of methoxy groups -OCH3 is 1. The van der Waals surface area contributed by atoms with Crippen molar-refractivity contribution >= 4 is 17.6 Å². The zero-order chi connectivity index (χ0) is 13.5. The van der Waals surface area contributed by atoms with Gasteiger partial charge in [0.05, 0.1) is 18.6 Å². The van der Waals surface area contributed by atoms with Crippen LogP contribution in [0.25, 0.3) is 0 Å². The Balaban J connectivity index is 2.52. The summed E-state index contributed by atoms with van der Waals surface area (Å²) in [5.41, 5.74) is 2.89. The molecule has 0 saturated heterocycles. The van der Waals surface area contributed by atoms with E-state index in [1.54, 1.807) is 7.11 Å². The number of rotatable bonds is 4. The van der Waals surface area contributed by atoms with Gasteiger partial charge in [-0.2, -0.15) is 0 Å². The summed E-state index contributed by atoms with van der Waals surface area (Å²) < 4.78 is 5.23. The third-order valence-corrected chi connectivity index (χ3v) is 4.23. The zero-order valence-corrected chi connectivity index (χ0v) is 11.6. The Labute approximate surface area is 112 Å². The first-order chi connectivity index (χ1) is 8.41. The lowest BCUT2D eigenvalue weighted by molar-refractivity contribution is -0.137. The SMILES string of the molecule is COc1cc(C)c(C2(CC(=O)O)CC2)c(C)c1Cl. The van der Waals surface area contributed by atoms with Crippen LogP contribution in [-0.2, 0) is 10.2 Å². The summed E-state index contributed by atoms with van der Waals surface area (Å²) in [6.45, 7) is 3.93. The average molecular weight is 269 g/mol. The summed E-state index contributed by atoms with van der Waals surface area (Å²) in [6.07, 6.45) is 2.02. The minimum absolute atomic E-state index is 0.178. The molecule has 1 fully saturated rings. The van der Waals surface area contributed by atoms with Crippen molar-refractivity contribution in [1.82, 2.24) is 0 Å². The number of aliphatic carboxylic acids is 1. The molecule has 0 radical (unpaired) electrons. The third kappa shape index (κ3) is 2.07. The van der Waals surface area contributed by atoms with E-state index in [4.69, 9.17) is 21.4 Å². The predicted molar refractivity (Wildman–Crippen MR) is 70.6 cm³/mol. The van der Waals surface area contributed by atoms with E-state index in [2.05, 4.69) is 0 Å². The Morgan fingerprint density at radius 2 is 2.11 bits per heavy atom. The van der Waals surface area contributed by atoms with Gasteiger partial charge in [0.15, 0.2) is 0 Å². The molecule has 2 rings (SSSR count). The topological polar surface area (TPSA) is 46.5 Å². The van der Waals surface area contributed by atoms with Crippen LogP contribution in [0, 0.1) is 13.8 Å². The molecule has 1 aromatic carbocycles. The molecule has 98 valence electrons. The maximum absolute atomic E-state index is 11.0. The first-order valence-corrected chi connectivity index (χ1v) is 6.35. The van der Waals surface area contributed by atoms with Gasteiger partial charge in [0.25, 0.3) is 0 Å². The van der Waals surface area contributed by atoms with Crippen LogP contribution in [0.15, 0.2) is 6.07 Å². The van der Waals surface area contributed by atoms with Gasteiger partial charge in [-0.15, -0.1) is 0 Å². The smallest absolute Gasteiger partial charge is 0.304 e. The number of carboxylic acid groups (broad SMARTS) is 1. The number of hydrogen-bond acceptors (Lipinski definition) is 2. The van der Waals surface area contributed by atoms with Crippen LogP contribution in [-0.4, -0.2) is 18.2 Å². The van der Waals surface area contributed by atoms with Crippen LogP contribution < -0.4 is 4.74 Å². The number of carbonyl (C=O) groups is 1. The van der Waals surface area contributed by atoms with Gasteiger partial charge >= 0.3 is 5.97 Å². The molecule has 0 spiro atoms. The van der Waals surface area contributed by atoms with Gasteiger partial charge in [-0.1, -0.05) is 11.6 Å². The number of aryl methyl sites for hydroxylation is 1. The van der Waals surface area contributed by atoms with E-state index in [-0.39, 0.29) is 11.8 Å². The second kappa shape index (κ2) is 4.47. The van der Waals surface area contributed by atoms with Crippen LogP contribution in [0.5, 0.6) is 5.75 Å². The zero-order valence-electron chi connectivity index (χ0n) is 10.8. The Kier molecular flexibility index (Phi) is 3.28. The molecular formula is C14H17ClO3. The molecule has 1 aromatic rings. The Hall–Kier alpha value is -1.22. The monoisotopic (exact) mass is 268 g/mol. The summed E-state index contributed by atoms with van der Waals surface area (Å²) in [4.78, 5) is 11.0. The highest BCUT2D eigenvalue weighted by atomic mass is 35.5. The minimum Gasteiger partial charge on any atom is -0.495 e. The summed E-state index contributed by atoms with van der Waals surface area (Å²) in [6, 6.07) is 1.90. The molecule has 18 heavy (non-hydrogen) atoms. The van der Waals surface area contributed by atoms with Crippen LogP contribution in [0.2, 0.25) is 5.02 Å². The fourth-order valence-electron chi connectivity index (χ4n) is 2.84. The van der Waals surface area contributed by atoms with E-state index < -0.39 is 5.97 Å². The van der Waals surface area contributed by atoms with Gasteiger partial charge in [0.1, 0.15) is 5.75 Å². The summed E-state index contributed by atoms with van der Waals surface area (Å²) in [7, 11) is 1.59. The highest BCUT2D eigenvalue weighted by Crippen LogP contribution is 2.54. The molecule has 1 N–H and O–H groups in total. The van der Waals surface area contributed by atoms with Gasteiger partial charge in [-0.3, -0.25) is 4.79 Å². The third-order valence-electron chi connectivity index (χ3n) is 3.76. The Morgan fingerprint density at radius 3 is 2.56 bits per heavy atom. The lowest BCUT2D eigenvalue weighted by Gasteiger charge is -2.21. The molecule has 1 saturated carbocycles. The summed E-state index contributed by atoms with van der Waals surface area (Å²) >= 11 is 6.27. The van der Waals surface area contributed by atoms with Crippen molar-refractivity contribution in [2.24, 2.45) is 0 Å². The van der Waals surface area contributed by atoms with E-state index in [1.807, 2.05) is 19.9 Å². The molecule has 1 aliphatic carbocycles. The fraction of sp³-hybridized carbons (Fsp3) is 0.500. The molecule has 0 heterocycles. The molecule has 4 heteroatoms. The molecule has 0 amide bonds. The van der Waals surface area contributed by atoms with E-state index >= 15 is 0 Å². The van der Waals surface area contributed by atoms with Gasteiger partial charge in [-0.25, -0.2) is 0 Å². The first-order valence-electron chi connectivity index (χ1n) is 5.97. The van der Waals surface area contributed by atoms with Crippen molar-refractivity contribution in [2.75, 3.05) is 7.11 Å². The maximum Gasteiger partial charge on any atom is 0.304 e. The lowest BCUT2D eigenvalue weighted by Crippen LogP contribution is -2.16. The second-order valence-corrected chi connectivity index (χ2v) is 5.44. The highest BCUT2D eigenvalue weighted by molar-refractivity contribution is 6.33. The summed E-state index contributed by atoms with van der Waals surface area (Å²) in [5, 5.41) is 9.64. The van der Waals surface area contributed by atoms with E-state index in [9.17, 15) is 4.79 Å². The number of benzene rings is 1. The largest absolute Gasteiger partial charge is 0.495 e. The van der Waals surface area contributed by atoms with E-state index in [0.29, 0.717) is 10.8 Å². The lowest BCUT2D eigenvalue weighted by atomic mass is 9.85. The molecule has 0 aliphatic heterocycles. The van der Waals surface area contributed by atoms with E-state index in [0.717, 1.165) is 29.5 Å². The number of carboxylic acids is 1. The number of halogens is 1. The van der Waals surface area contributed by atoms with Crippen LogP contribution in [0.1, 0.15) is 36.0 Å². The van der Waals surface area contributed by atoms with Crippen molar-refractivity contribution in [2.45, 2.75) is 38.5 Å². The van der Waals surface area contributed by atoms with E-state index in [1.165, 1.54) is 0 Å². The first kappa shape index (κ1) is 13.2. The Bertz CT molecular complexity index is 504. The van der Waals surface area contributed by atoms with Crippen molar-refractivity contribution in [1.29, 1.82) is 0 Å². The van der Waals surface area contributed by atoms with Crippen molar-refractivity contribution in [3.05, 3.63) is 27.8 Å². The molecule has 0 aromatic heterocycles. The molecular weight excluding hydrogens is 252 g/mol. The predicted octanol–water partition coefficient (Wildman–Crippen LogP) is 3.47. The quantitative estimate of drug-likeness (QED) is 0.909. The van der Waals surface area contributed by atoms with Crippen LogP contribution in [0.3, 0.4) is 0 Å². The van der Waals surface area contributed by atoms with Crippen molar-refractivity contribution < 1.29 is 14.6 Å². The van der Waals surface area contributed by atoms with Gasteiger partial charge in [0, 0.05) is 5.41 Å². The van der Waals surface area contributed by atoms with Crippen LogP contribution >= 0.6 is 11.6 Å². The van der Waals surface area contributed by atoms with Gasteiger partial charge < -0.3 is 9.84 Å². The highest BCUT2D eigenvalue weighted by Gasteiger charge is 2.48. The second-order valence-electron chi connectivity index (χ2n) is 5.06. The van der Waals surface area contributed by atoms with Crippen LogP contribution in [0.4, 0.5) is 0 Å². The Morgan fingerprint density at radius 1 is 1.50 bits per heavy atom. The van der Waals surface area contributed by atoms with Gasteiger partial charge in [-0.05, 0) is 49.4 Å². The minimum atomic E-state index is -0.752. The normalized spacial score (nSPS) is 16.4.